The summed E-state index contributed by atoms with van der Waals surface area (Å²) in [6, 6.07) is 16.9. The fraction of sp³-hybridized carbons (Fsp3) is 0.697. The lowest BCUT2D eigenvalue weighted by molar-refractivity contribution is 0.212. The first kappa shape index (κ1) is 26.2. The van der Waals surface area contributed by atoms with Gasteiger partial charge in [-0.1, -0.05) is 93.8 Å². The fourth-order valence-corrected chi connectivity index (χ4v) is 7.44. The van der Waals surface area contributed by atoms with Gasteiger partial charge in [-0.3, -0.25) is 0 Å². The van der Waals surface area contributed by atoms with Gasteiger partial charge in [-0.2, -0.15) is 0 Å². The molecular weight excluding hydrogens is 438 g/mol. The molecular formula is C33H51N3. The van der Waals surface area contributed by atoms with E-state index in [4.69, 9.17) is 0 Å². The topological polar surface area (TPSA) is 36.1 Å². The standard InChI is InChI=1S/C33H51N3/c1-34-23-31(21-26-10-4-2-5-11-26)35-24-32(22-27-16-17-28-12-8-9-13-29(28)20-27)36-25-33(18-19-33)30-14-6-3-7-15-30/h8-9,12-13,16-17,20,26,30-32,34-36H,2-7,10-11,14-15,18-19,21-25H2,1H3/t31-,32+/m1/s1. The zero-order valence-electron chi connectivity index (χ0n) is 22.9. The maximum Gasteiger partial charge on any atom is 0.0233 e. The zero-order valence-corrected chi connectivity index (χ0v) is 22.9. The number of hydrogen-bond acceptors (Lipinski definition) is 3. The van der Waals surface area contributed by atoms with E-state index in [1.54, 1.807) is 0 Å². The van der Waals surface area contributed by atoms with Crippen LogP contribution in [0.4, 0.5) is 0 Å². The van der Waals surface area contributed by atoms with E-state index < -0.39 is 0 Å². The number of rotatable bonds is 13. The third kappa shape index (κ3) is 7.11. The van der Waals surface area contributed by atoms with Crippen molar-refractivity contribution in [3.63, 3.8) is 0 Å². The van der Waals surface area contributed by atoms with Crippen molar-refractivity contribution in [1.29, 1.82) is 0 Å². The highest BCUT2D eigenvalue weighted by molar-refractivity contribution is 5.83. The van der Waals surface area contributed by atoms with Gasteiger partial charge in [-0.15, -0.1) is 0 Å². The molecule has 0 aromatic heterocycles. The van der Waals surface area contributed by atoms with Crippen LogP contribution in [0.5, 0.6) is 0 Å². The Hall–Kier alpha value is -1.42. The van der Waals surface area contributed by atoms with Crippen LogP contribution in [0.25, 0.3) is 10.8 Å². The van der Waals surface area contributed by atoms with Gasteiger partial charge >= 0.3 is 0 Å². The molecule has 5 rings (SSSR count). The molecule has 2 aromatic carbocycles. The maximum absolute atomic E-state index is 4.13. The van der Waals surface area contributed by atoms with Gasteiger partial charge in [-0.05, 0) is 79.2 Å². The lowest BCUT2D eigenvalue weighted by Crippen LogP contribution is -2.48. The summed E-state index contributed by atoms with van der Waals surface area (Å²) in [5.74, 6) is 1.88. The Labute approximate surface area is 220 Å². The summed E-state index contributed by atoms with van der Waals surface area (Å²) in [7, 11) is 2.11. The highest BCUT2D eigenvalue weighted by Gasteiger charge is 2.48. The second-order valence-electron chi connectivity index (χ2n) is 12.6. The van der Waals surface area contributed by atoms with E-state index in [0.29, 0.717) is 17.5 Å². The average molecular weight is 490 g/mol. The van der Waals surface area contributed by atoms with Crippen LogP contribution in [0.15, 0.2) is 42.5 Å². The molecule has 0 heterocycles. The summed E-state index contributed by atoms with van der Waals surface area (Å²) >= 11 is 0. The van der Waals surface area contributed by atoms with Crippen LogP contribution in [0.3, 0.4) is 0 Å². The van der Waals surface area contributed by atoms with Gasteiger partial charge in [0.1, 0.15) is 0 Å². The van der Waals surface area contributed by atoms with Crippen LogP contribution >= 0.6 is 0 Å². The van der Waals surface area contributed by atoms with E-state index in [0.717, 1.165) is 31.3 Å². The monoisotopic (exact) mass is 489 g/mol. The molecule has 0 unspecified atom stereocenters. The van der Waals surface area contributed by atoms with E-state index in [1.807, 2.05) is 0 Å². The fourth-order valence-electron chi connectivity index (χ4n) is 7.44. The Morgan fingerprint density at radius 2 is 1.50 bits per heavy atom. The molecule has 3 fully saturated rings. The van der Waals surface area contributed by atoms with E-state index in [9.17, 15) is 0 Å². The summed E-state index contributed by atoms with van der Waals surface area (Å²) in [6.07, 6.45) is 19.8. The van der Waals surface area contributed by atoms with Gasteiger partial charge in [-0.25, -0.2) is 0 Å². The summed E-state index contributed by atoms with van der Waals surface area (Å²) in [5.41, 5.74) is 2.07. The second-order valence-corrected chi connectivity index (χ2v) is 12.6. The normalized spacial score (nSPS) is 22.5. The lowest BCUT2D eigenvalue weighted by Gasteiger charge is -2.33. The van der Waals surface area contributed by atoms with Crippen LogP contribution in [0, 0.1) is 17.3 Å². The van der Waals surface area contributed by atoms with Crippen molar-refractivity contribution in [3.8, 4) is 0 Å². The molecule has 3 N–H and O–H groups in total. The molecule has 3 aliphatic rings. The molecule has 0 amide bonds. The first-order chi connectivity index (χ1) is 17.7. The van der Waals surface area contributed by atoms with Gasteiger partial charge in [0.2, 0.25) is 0 Å². The highest BCUT2D eigenvalue weighted by Crippen LogP contribution is 2.56. The Morgan fingerprint density at radius 3 is 2.22 bits per heavy atom. The van der Waals surface area contributed by atoms with Crippen molar-refractivity contribution < 1.29 is 0 Å². The summed E-state index contributed by atoms with van der Waals surface area (Å²) in [5, 5.41) is 14.4. The van der Waals surface area contributed by atoms with E-state index in [2.05, 4.69) is 65.5 Å². The number of benzene rings is 2. The zero-order chi connectivity index (χ0) is 24.6. The molecule has 0 aliphatic heterocycles. The summed E-state index contributed by atoms with van der Waals surface area (Å²) in [6.45, 7) is 3.36. The Balaban J connectivity index is 1.23. The molecule has 0 saturated heterocycles. The molecule has 36 heavy (non-hydrogen) atoms. The number of fused-ring (bicyclic) bond motifs is 1. The molecule has 2 aromatic rings. The number of likely N-dealkylation sites (N-methyl/N-ethyl adjacent to an activating group) is 1. The number of hydrogen-bond donors (Lipinski definition) is 3. The van der Waals surface area contributed by atoms with E-state index in [1.165, 1.54) is 106 Å². The third-order valence-electron chi connectivity index (χ3n) is 9.85. The average Bonchev–Trinajstić information content (AvgIpc) is 3.72. The van der Waals surface area contributed by atoms with Gasteiger partial charge in [0, 0.05) is 31.7 Å². The van der Waals surface area contributed by atoms with E-state index >= 15 is 0 Å². The summed E-state index contributed by atoms with van der Waals surface area (Å²) in [4.78, 5) is 0. The molecule has 198 valence electrons. The molecule has 0 spiro atoms. The predicted octanol–water partition coefficient (Wildman–Crippen LogP) is 6.85. The molecule has 3 heteroatoms. The maximum atomic E-state index is 4.13. The van der Waals surface area contributed by atoms with Crippen LogP contribution in [-0.2, 0) is 6.42 Å². The van der Waals surface area contributed by atoms with E-state index in [-0.39, 0.29) is 0 Å². The first-order valence-corrected chi connectivity index (χ1v) is 15.3. The Bertz CT molecular complexity index is 923. The largest absolute Gasteiger partial charge is 0.318 e. The minimum atomic E-state index is 0.484. The molecule has 0 bridgehead atoms. The molecule has 3 saturated carbocycles. The highest BCUT2D eigenvalue weighted by atomic mass is 15.0. The van der Waals surface area contributed by atoms with Gasteiger partial charge < -0.3 is 16.0 Å². The minimum absolute atomic E-state index is 0.484. The van der Waals surface area contributed by atoms with Crippen LogP contribution in [-0.4, -0.2) is 38.8 Å². The summed E-state index contributed by atoms with van der Waals surface area (Å²) < 4.78 is 0. The molecule has 2 atom stereocenters. The molecule has 0 radical (unpaired) electrons. The smallest absolute Gasteiger partial charge is 0.0233 e. The predicted molar refractivity (Wildman–Crippen MR) is 155 cm³/mol. The van der Waals surface area contributed by atoms with Gasteiger partial charge in [0.25, 0.3) is 0 Å². The first-order valence-electron chi connectivity index (χ1n) is 15.3. The van der Waals surface area contributed by atoms with Crippen molar-refractivity contribution in [3.05, 3.63) is 48.0 Å². The van der Waals surface area contributed by atoms with Crippen LogP contribution in [0.1, 0.15) is 89.0 Å². The van der Waals surface area contributed by atoms with Crippen LogP contribution < -0.4 is 16.0 Å². The van der Waals surface area contributed by atoms with Gasteiger partial charge in [0.05, 0.1) is 0 Å². The second kappa shape index (κ2) is 12.9. The minimum Gasteiger partial charge on any atom is -0.318 e. The van der Waals surface area contributed by atoms with Crippen molar-refractivity contribution in [1.82, 2.24) is 16.0 Å². The molecule has 3 nitrogen and oxygen atoms in total. The van der Waals surface area contributed by atoms with Crippen LogP contribution in [0.2, 0.25) is 0 Å². The van der Waals surface area contributed by atoms with Gasteiger partial charge in [0.15, 0.2) is 0 Å². The molecule has 3 aliphatic carbocycles. The SMILES string of the molecule is CNC[C@@H](CC1CCCCC1)NC[C@H](Cc1ccc2ccccc2c1)NCC1(C2CCCCC2)CC1. The van der Waals surface area contributed by atoms with Crippen molar-refractivity contribution >= 4 is 10.8 Å². The quantitative estimate of drug-likeness (QED) is 0.288. The number of nitrogens with one attached hydrogen (secondary N) is 3. The Kier molecular flexibility index (Phi) is 9.38. The van der Waals surface area contributed by atoms with Crippen molar-refractivity contribution in [2.24, 2.45) is 17.3 Å². The Morgan fingerprint density at radius 1 is 0.778 bits per heavy atom. The van der Waals surface area contributed by atoms with Crippen molar-refractivity contribution in [2.75, 3.05) is 26.7 Å². The third-order valence-corrected chi connectivity index (χ3v) is 9.85. The van der Waals surface area contributed by atoms with Crippen molar-refractivity contribution in [2.45, 2.75) is 102 Å². The lowest BCUT2D eigenvalue weighted by atomic mass is 9.77.